The zero-order valence-corrected chi connectivity index (χ0v) is 13.5. The van der Waals surface area contributed by atoms with Gasteiger partial charge in [-0.3, -0.25) is 0 Å². The number of anilines is 1. The minimum absolute atomic E-state index is 0.248. The van der Waals surface area contributed by atoms with Crippen molar-refractivity contribution in [1.82, 2.24) is 9.97 Å². The number of halogens is 1. The van der Waals surface area contributed by atoms with Gasteiger partial charge in [-0.05, 0) is 23.8 Å². The first-order valence-corrected chi connectivity index (χ1v) is 7.15. The van der Waals surface area contributed by atoms with Crippen molar-refractivity contribution in [2.75, 3.05) is 19.5 Å². The van der Waals surface area contributed by atoms with E-state index in [0.717, 1.165) is 11.3 Å². The maximum absolute atomic E-state index is 11.2. The molecule has 0 aliphatic rings. The number of esters is 1. The molecule has 7 heteroatoms. The van der Waals surface area contributed by atoms with Gasteiger partial charge in [0.2, 0.25) is 0 Å². The van der Waals surface area contributed by atoms with Gasteiger partial charge in [0.15, 0.2) is 0 Å². The van der Waals surface area contributed by atoms with Gasteiger partial charge in [-0.1, -0.05) is 23.7 Å². The van der Waals surface area contributed by atoms with Crippen molar-refractivity contribution in [2.24, 2.45) is 0 Å². The zero-order chi connectivity index (χ0) is 16.7. The van der Waals surface area contributed by atoms with E-state index in [9.17, 15) is 4.79 Å². The third-order valence-electron chi connectivity index (χ3n) is 3.04. The van der Waals surface area contributed by atoms with E-state index < -0.39 is 5.97 Å². The quantitative estimate of drug-likeness (QED) is 0.498. The highest BCUT2D eigenvalue weighted by atomic mass is 35.5. The van der Waals surface area contributed by atoms with Gasteiger partial charge < -0.3 is 14.8 Å². The first-order chi connectivity index (χ1) is 11.1. The van der Waals surface area contributed by atoms with E-state index in [-0.39, 0.29) is 5.15 Å². The lowest BCUT2D eigenvalue weighted by Crippen LogP contribution is -2.04. The van der Waals surface area contributed by atoms with Gasteiger partial charge in [0, 0.05) is 12.6 Å². The first kappa shape index (κ1) is 16.8. The Balaban J connectivity index is 2.14. The van der Waals surface area contributed by atoms with Crippen LogP contribution in [0, 0.1) is 0 Å². The molecule has 6 nitrogen and oxygen atoms in total. The molecule has 0 unspecified atom stereocenters. The zero-order valence-electron chi connectivity index (χ0n) is 12.7. The molecule has 0 amide bonds. The largest absolute Gasteiger partial charge is 0.497 e. The fourth-order valence-corrected chi connectivity index (χ4v) is 2.01. The Bertz CT molecular complexity index is 702. The number of carbonyl (C=O) groups is 1. The van der Waals surface area contributed by atoms with Crippen LogP contribution in [0.25, 0.3) is 6.08 Å². The monoisotopic (exact) mass is 333 g/mol. The van der Waals surface area contributed by atoms with Crippen molar-refractivity contribution in [1.29, 1.82) is 0 Å². The Morgan fingerprint density at radius 1 is 1.26 bits per heavy atom. The molecule has 0 saturated heterocycles. The summed E-state index contributed by atoms with van der Waals surface area (Å²) in [6.45, 7) is 0.538. The van der Waals surface area contributed by atoms with Crippen LogP contribution in [0.1, 0.15) is 11.1 Å². The van der Waals surface area contributed by atoms with Crippen LogP contribution in [0.3, 0.4) is 0 Å². The highest BCUT2D eigenvalue weighted by Gasteiger charge is 2.08. The summed E-state index contributed by atoms with van der Waals surface area (Å²) in [6, 6.07) is 7.64. The minimum atomic E-state index is -0.481. The molecular formula is C16H16ClN3O3. The molecule has 1 heterocycles. The van der Waals surface area contributed by atoms with Crippen molar-refractivity contribution in [3.05, 3.63) is 52.9 Å². The Labute approximate surface area is 139 Å². The highest BCUT2D eigenvalue weighted by molar-refractivity contribution is 6.31. The summed E-state index contributed by atoms with van der Waals surface area (Å²) in [5.74, 6) is 0.840. The predicted molar refractivity (Wildman–Crippen MR) is 88.4 cm³/mol. The van der Waals surface area contributed by atoms with Crippen LogP contribution in [-0.4, -0.2) is 30.2 Å². The van der Waals surface area contributed by atoms with Crippen molar-refractivity contribution < 1.29 is 14.3 Å². The summed E-state index contributed by atoms with van der Waals surface area (Å²) in [5, 5.41) is 3.42. The lowest BCUT2D eigenvalue weighted by atomic mass is 10.2. The molecule has 0 atom stereocenters. The second-order valence-corrected chi connectivity index (χ2v) is 4.84. The normalized spacial score (nSPS) is 10.6. The third-order valence-corrected chi connectivity index (χ3v) is 3.34. The molecule has 120 valence electrons. The summed E-state index contributed by atoms with van der Waals surface area (Å²) < 4.78 is 9.68. The van der Waals surface area contributed by atoms with Gasteiger partial charge >= 0.3 is 5.97 Å². The van der Waals surface area contributed by atoms with Gasteiger partial charge in [-0.2, -0.15) is 0 Å². The Morgan fingerprint density at radius 3 is 2.65 bits per heavy atom. The maximum atomic E-state index is 11.2. The van der Waals surface area contributed by atoms with Gasteiger partial charge in [0.25, 0.3) is 0 Å². The molecule has 0 saturated carbocycles. The number of hydrogen-bond acceptors (Lipinski definition) is 6. The summed E-state index contributed by atoms with van der Waals surface area (Å²) in [5.41, 5.74) is 1.57. The topological polar surface area (TPSA) is 73.3 Å². The Hall–Kier alpha value is -2.60. The standard InChI is InChI=1S/C16H16ClN3O3/c1-22-12-5-3-11(4-6-12)9-18-16-13(7-8-14(21)23-2)15(17)19-10-20-16/h3-8,10H,9H2,1-2H3,(H,18,19,20)/b8-7+. The van der Waals surface area contributed by atoms with Gasteiger partial charge in [0.1, 0.15) is 23.0 Å². The second kappa shape index (κ2) is 8.14. The molecular weight excluding hydrogens is 318 g/mol. The minimum Gasteiger partial charge on any atom is -0.497 e. The molecule has 0 radical (unpaired) electrons. The first-order valence-electron chi connectivity index (χ1n) is 6.77. The fraction of sp³-hybridized carbons (Fsp3) is 0.188. The van der Waals surface area contributed by atoms with Crippen LogP contribution in [0.5, 0.6) is 5.75 Å². The summed E-state index contributed by atoms with van der Waals surface area (Å²) in [7, 11) is 2.93. The summed E-state index contributed by atoms with van der Waals surface area (Å²) >= 11 is 6.07. The van der Waals surface area contributed by atoms with Crippen LogP contribution in [-0.2, 0) is 16.1 Å². The number of methoxy groups -OCH3 is 2. The Morgan fingerprint density at radius 2 is 2.00 bits per heavy atom. The highest BCUT2D eigenvalue weighted by Crippen LogP contribution is 2.22. The number of nitrogens with zero attached hydrogens (tertiary/aromatic N) is 2. The number of aromatic nitrogens is 2. The van der Waals surface area contributed by atoms with E-state index in [1.165, 1.54) is 25.6 Å². The molecule has 1 aromatic heterocycles. The lowest BCUT2D eigenvalue weighted by Gasteiger charge is -2.10. The average Bonchev–Trinajstić information content (AvgIpc) is 2.59. The smallest absolute Gasteiger partial charge is 0.330 e. The van der Waals surface area contributed by atoms with Gasteiger partial charge in [-0.15, -0.1) is 0 Å². The summed E-state index contributed by atoms with van der Waals surface area (Å²) in [4.78, 5) is 19.3. The number of hydrogen-bond donors (Lipinski definition) is 1. The number of carbonyl (C=O) groups excluding carboxylic acids is 1. The third kappa shape index (κ3) is 4.69. The fourth-order valence-electron chi connectivity index (χ4n) is 1.81. The molecule has 1 aromatic carbocycles. The molecule has 0 bridgehead atoms. The van der Waals surface area contributed by atoms with E-state index in [0.29, 0.717) is 17.9 Å². The predicted octanol–water partition coefficient (Wildman–Crippen LogP) is 2.94. The Kier molecular flexibility index (Phi) is 5.94. The lowest BCUT2D eigenvalue weighted by molar-refractivity contribution is -0.134. The van der Waals surface area contributed by atoms with Crippen molar-refractivity contribution >= 4 is 29.5 Å². The molecule has 2 rings (SSSR count). The van der Waals surface area contributed by atoms with E-state index in [1.54, 1.807) is 7.11 Å². The molecule has 0 spiro atoms. The second-order valence-electron chi connectivity index (χ2n) is 4.48. The SMILES string of the molecule is COC(=O)/C=C/c1c(Cl)ncnc1NCc1ccc(OC)cc1. The molecule has 23 heavy (non-hydrogen) atoms. The maximum Gasteiger partial charge on any atom is 0.330 e. The van der Waals surface area contributed by atoms with Crippen molar-refractivity contribution in [3.8, 4) is 5.75 Å². The number of nitrogens with one attached hydrogen (secondary N) is 1. The molecule has 0 aliphatic heterocycles. The molecule has 1 N–H and O–H groups in total. The van der Waals surface area contributed by atoms with E-state index in [2.05, 4.69) is 20.0 Å². The molecule has 0 aliphatic carbocycles. The number of rotatable bonds is 6. The average molecular weight is 334 g/mol. The van der Waals surface area contributed by atoms with Crippen LogP contribution in [0.4, 0.5) is 5.82 Å². The van der Waals surface area contributed by atoms with Crippen LogP contribution in [0.2, 0.25) is 5.15 Å². The van der Waals surface area contributed by atoms with Crippen molar-refractivity contribution in [3.63, 3.8) is 0 Å². The van der Waals surface area contributed by atoms with Crippen LogP contribution in [0.15, 0.2) is 36.7 Å². The van der Waals surface area contributed by atoms with E-state index >= 15 is 0 Å². The molecule has 2 aromatic rings. The van der Waals surface area contributed by atoms with Crippen molar-refractivity contribution in [2.45, 2.75) is 6.54 Å². The van der Waals surface area contributed by atoms with E-state index in [4.69, 9.17) is 16.3 Å². The number of benzene rings is 1. The molecule has 0 fully saturated rings. The number of ether oxygens (including phenoxy) is 2. The van der Waals surface area contributed by atoms with Crippen LogP contribution < -0.4 is 10.1 Å². The summed E-state index contributed by atoms with van der Waals surface area (Å²) in [6.07, 6.45) is 4.14. The van der Waals surface area contributed by atoms with E-state index in [1.807, 2.05) is 24.3 Å². The van der Waals surface area contributed by atoms with Gasteiger partial charge in [0.05, 0.1) is 19.8 Å². The van der Waals surface area contributed by atoms with Crippen LogP contribution >= 0.6 is 11.6 Å². The van der Waals surface area contributed by atoms with Gasteiger partial charge in [-0.25, -0.2) is 14.8 Å².